The molecule has 1 aromatic carbocycles. The number of thiazole rings is 1. The zero-order chi connectivity index (χ0) is 19.0. The molecule has 7 heteroatoms. The average Bonchev–Trinajstić information content (AvgIpc) is 3.29. The Bertz CT molecular complexity index is 946. The first-order chi connectivity index (χ1) is 13.0. The molecule has 3 aromatic rings. The Balaban J connectivity index is 1.68. The van der Waals surface area contributed by atoms with Crippen LogP contribution in [0.1, 0.15) is 58.5 Å². The molecule has 0 fully saturated rings. The van der Waals surface area contributed by atoms with Gasteiger partial charge in [0.05, 0.1) is 18.3 Å². The van der Waals surface area contributed by atoms with E-state index in [1.807, 2.05) is 40.1 Å². The van der Waals surface area contributed by atoms with Crippen LogP contribution >= 0.6 is 11.3 Å². The molecule has 1 aliphatic heterocycles. The van der Waals surface area contributed by atoms with Gasteiger partial charge in [0.2, 0.25) is 0 Å². The molecule has 4 rings (SSSR count). The normalized spacial score (nSPS) is 16.6. The van der Waals surface area contributed by atoms with Gasteiger partial charge in [-0.1, -0.05) is 44.2 Å². The lowest BCUT2D eigenvalue weighted by Gasteiger charge is -2.34. The van der Waals surface area contributed by atoms with Crippen molar-refractivity contribution in [2.45, 2.75) is 45.7 Å². The number of aromatic nitrogens is 4. The number of fused-ring (bicyclic) bond motifs is 1. The van der Waals surface area contributed by atoms with E-state index in [9.17, 15) is 4.79 Å². The summed E-state index contributed by atoms with van der Waals surface area (Å²) in [6.07, 6.45) is 0.715. The molecule has 27 heavy (non-hydrogen) atoms. The van der Waals surface area contributed by atoms with Crippen LogP contribution in [0.5, 0.6) is 0 Å². The summed E-state index contributed by atoms with van der Waals surface area (Å²) in [6.45, 7) is 7.35. The number of nitrogens with zero attached hydrogens (tertiary/aromatic N) is 5. The van der Waals surface area contributed by atoms with Gasteiger partial charge in [-0.2, -0.15) is 5.10 Å². The third-order valence-corrected chi connectivity index (χ3v) is 5.71. The lowest BCUT2D eigenvalue weighted by Crippen LogP contribution is -2.43. The first-order valence-electron chi connectivity index (χ1n) is 9.24. The highest BCUT2D eigenvalue weighted by Crippen LogP contribution is 2.30. The first kappa shape index (κ1) is 17.9. The van der Waals surface area contributed by atoms with E-state index in [2.05, 4.69) is 41.0 Å². The van der Waals surface area contributed by atoms with Crippen LogP contribution in [-0.4, -0.2) is 37.1 Å². The number of carbonyl (C=O) groups is 1. The number of amides is 1. The fourth-order valence-corrected chi connectivity index (χ4v) is 4.37. The lowest BCUT2D eigenvalue weighted by molar-refractivity contribution is 0.0607. The van der Waals surface area contributed by atoms with E-state index in [0.29, 0.717) is 30.4 Å². The number of carbonyl (C=O) groups excluding carboxylic acids is 1. The summed E-state index contributed by atoms with van der Waals surface area (Å²) in [6, 6.07) is 10.1. The van der Waals surface area contributed by atoms with Crippen LogP contribution in [0.25, 0.3) is 0 Å². The van der Waals surface area contributed by atoms with Crippen molar-refractivity contribution in [1.29, 1.82) is 0 Å². The van der Waals surface area contributed by atoms with Crippen molar-refractivity contribution in [3.05, 3.63) is 63.6 Å². The van der Waals surface area contributed by atoms with E-state index in [4.69, 9.17) is 0 Å². The highest BCUT2D eigenvalue weighted by Gasteiger charge is 2.35. The molecule has 6 nitrogen and oxygen atoms in total. The van der Waals surface area contributed by atoms with Gasteiger partial charge in [0, 0.05) is 18.3 Å². The third-order valence-electron chi connectivity index (χ3n) is 4.86. The van der Waals surface area contributed by atoms with E-state index in [-0.39, 0.29) is 11.9 Å². The second kappa shape index (κ2) is 7.23. The summed E-state index contributed by atoms with van der Waals surface area (Å²) < 4.78 is 1.94. The minimum absolute atomic E-state index is 0.0141. The highest BCUT2D eigenvalue weighted by molar-refractivity contribution is 7.11. The SMILES string of the molecule is Cc1nc2n(n1)CCN(C(=O)c1nc(C(C)C)cs1)[C@H]2Cc1ccccc1. The molecule has 2 aromatic heterocycles. The Hall–Kier alpha value is -2.54. The molecule has 1 amide bonds. The van der Waals surface area contributed by atoms with Crippen molar-refractivity contribution in [2.75, 3.05) is 6.54 Å². The molecule has 0 unspecified atom stereocenters. The van der Waals surface area contributed by atoms with Crippen LogP contribution < -0.4 is 0 Å². The molecule has 0 spiro atoms. The molecule has 1 atom stereocenters. The molecule has 0 saturated heterocycles. The Morgan fingerprint density at radius 2 is 2.00 bits per heavy atom. The maximum Gasteiger partial charge on any atom is 0.283 e. The van der Waals surface area contributed by atoms with Crippen molar-refractivity contribution in [2.24, 2.45) is 0 Å². The molecule has 0 bridgehead atoms. The summed E-state index contributed by atoms with van der Waals surface area (Å²) in [4.78, 5) is 24.4. The van der Waals surface area contributed by atoms with Gasteiger partial charge in [-0.3, -0.25) is 4.79 Å². The third kappa shape index (κ3) is 3.51. The molecule has 0 aliphatic carbocycles. The quantitative estimate of drug-likeness (QED) is 0.693. The van der Waals surface area contributed by atoms with Crippen LogP contribution in [-0.2, 0) is 13.0 Å². The van der Waals surface area contributed by atoms with E-state index >= 15 is 0 Å². The Kier molecular flexibility index (Phi) is 4.78. The number of hydrogen-bond acceptors (Lipinski definition) is 5. The summed E-state index contributed by atoms with van der Waals surface area (Å²) >= 11 is 1.43. The van der Waals surface area contributed by atoms with Crippen molar-refractivity contribution in [3.63, 3.8) is 0 Å². The summed E-state index contributed by atoms with van der Waals surface area (Å²) in [5, 5.41) is 7.04. The maximum absolute atomic E-state index is 13.3. The highest BCUT2D eigenvalue weighted by atomic mass is 32.1. The van der Waals surface area contributed by atoms with Crippen molar-refractivity contribution >= 4 is 17.2 Å². The van der Waals surface area contributed by atoms with Gasteiger partial charge in [0.25, 0.3) is 5.91 Å². The average molecular weight is 382 g/mol. The smallest absolute Gasteiger partial charge is 0.283 e. The number of aryl methyl sites for hydroxylation is 1. The molecule has 1 aliphatic rings. The number of hydrogen-bond donors (Lipinski definition) is 0. The molecule has 0 saturated carbocycles. The monoisotopic (exact) mass is 381 g/mol. The van der Waals surface area contributed by atoms with Crippen LogP contribution in [0.15, 0.2) is 35.7 Å². The molecular weight excluding hydrogens is 358 g/mol. The first-order valence-corrected chi connectivity index (χ1v) is 10.1. The molecule has 140 valence electrons. The molecule has 0 N–H and O–H groups in total. The zero-order valence-corrected chi connectivity index (χ0v) is 16.6. The van der Waals surface area contributed by atoms with Gasteiger partial charge >= 0.3 is 0 Å². The summed E-state index contributed by atoms with van der Waals surface area (Å²) in [7, 11) is 0. The Morgan fingerprint density at radius 1 is 1.22 bits per heavy atom. The predicted molar refractivity (Wildman–Crippen MR) is 105 cm³/mol. The van der Waals surface area contributed by atoms with Gasteiger partial charge in [0.1, 0.15) is 11.6 Å². The summed E-state index contributed by atoms with van der Waals surface area (Å²) in [5.74, 6) is 1.90. The standard InChI is InChI=1S/C20H23N5OS/c1-13(2)16-12-27-19(22-16)20(26)24-9-10-25-18(21-14(3)23-25)17(24)11-15-7-5-4-6-8-15/h4-8,12-13,17H,9-11H2,1-3H3/t17-/m0/s1. The van der Waals surface area contributed by atoms with Crippen molar-refractivity contribution < 1.29 is 4.79 Å². The topological polar surface area (TPSA) is 63.9 Å². The van der Waals surface area contributed by atoms with Gasteiger partial charge in [0.15, 0.2) is 5.01 Å². The summed E-state index contributed by atoms with van der Waals surface area (Å²) in [5.41, 5.74) is 2.15. The lowest BCUT2D eigenvalue weighted by atomic mass is 10.0. The van der Waals surface area contributed by atoms with Gasteiger partial charge in [-0.25, -0.2) is 14.6 Å². The Labute approximate surface area is 162 Å². The van der Waals surface area contributed by atoms with E-state index in [1.165, 1.54) is 16.9 Å². The minimum atomic E-state index is -0.138. The number of benzene rings is 1. The molecular formula is C20H23N5OS. The van der Waals surface area contributed by atoms with Gasteiger partial charge in [-0.15, -0.1) is 11.3 Å². The second-order valence-electron chi connectivity index (χ2n) is 7.18. The zero-order valence-electron chi connectivity index (χ0n) is 15.8. The van der Waals surface area contributed by atoms with Crippen LogP contribution in [0.4, 0.5) is 0 Å². The van der Waals surface area contributed by atoms with Crippen LogP contribution in [0.2, 0.25) is 0 Å². The largest absolute Gasteiger partial charge is 0.324 e. The molecule has 3 heterocycles. The number of rotatable bonds is 4. The fraction of sp³-hybridized carbons (Fsp3) is 0.400. The van der Waals surface area contributed by atoms with Crippen LogP contribution in [0.3, 0.4) is 0 Å². The van der Waals surface area contributed by atoms with Crippen LogP contribution in [0, 0.1) is 6.92 Å². The Morgan fingerprint density at radius 3 is 2.70 bits per heavy atom. The van der Waals surface area contributed by atoms with Gasteiger partial charge in [-0.05, 0) is 18.4 Å². The van der Waals surface area contributed by atoms with E-state index in [0.717, 1.165) is 17.3 Å². The van der Waals surface area contributed by atoms with Gasteiger partial charge < -0.3 is 4.90 Å². The van der Waals surface area contributed by atoms with E-state index in [1.54, 1.807) is 0 Å². The maximum atomic E-state index is 13.3. The minimum Gasteiger partial charge on any atom is -0.324 e. The second-order valence-corrected chi connectivity index (χ2v) is 8.03. The van der Waals surface area contributed by atoms with Crippen molar-refractivity contribution in [1.82, 2.24) is 24.6 Å². The van der Waals surface area contributed by atoms with Crippen molar-refractivity contribution in [3.8, 4) is 0 Å². The molecule has 0 radical (unpaired) electrons. The predicted octanol–water partition coefficient (Wildman–Crippen LogP) is 3.61. The van der Waals surface area contributed by atoms with E-state index < -0.39 is 0 Å². The fourth-order valence-electron chi connectivity index (χ4n) is 3.43.